The third-order valence-electron chi connectivity index (χ3n) is 3.31. The third kappa shape index (κ3) is 7.28. The Labute approximate surface area is 138 Å². The van der Waals surface area contributed by atoms with Crippen LogP contribution in [0.15, 0.2) is 12.1 Å². The van der Waals surface area contributed by atoms with Gasteiger partial charge in [0.1, 0.15) is 6.61 Å². The molecule has 5 heteroatoms. The predicted octanol–water partition coefficient (Wildman–Crippen LogP) is 3.08. The van der Waals surface area contributed by atoms with Crippen molar-refractivity contribution in [2.24, 2.45) is 0 Å². The van der Waals surface area contributed by atoms with E-state index in [0.717, 1.165) is 22.4 Å². The molecular weight excluding hydrogens is 292 g/mol. The van der Waals surface area contributed by atoms with Gasteiger partial charge in [-0.25, -0.2) is 0 Å². The molecule has 5 nitrogen and oxygen atoms in total. The van der Waals surface area contributed by atoms with E-state index in [9.17, 15) is 9.59 Å². The van der Waals surface area contributed by atoms with E-state index in [1.165, 1.54) is 6.92 Å². The Morgan fingerprint density at radius 2 is 1.70 bits per heavy atom. The molecule has 0 saturated carbocycles. The molecule has 0 aliphatic carbocycles. The summed E-state index contributed by atoms with van der Waals surface area (Å²) >= 11 is 0. The largest absolute Gasteiger partial charge is 0.461 e. The molecule has 0 atom stereocenters. The van der Waals surface area contributed by atoms with Gasteiger partial charge >= 0.3 is 5.97 Å². The molecule has 0 aliphatic heterocycles. The standard InChI is InChI=1S/C18H28N2O3/c1-12-9-15(11-23-14(3)21)10-13(2)17(12)20-16(22)7-8-19-18(4,5)6/h9-10,19H,7-8,11H2,1-6H3,(H,20,22). The second kappa shape index (κ2) is 8.11. The van der Waals surface area contributed by atoms with E-state index < -0.39 is 0 Å². The lowest BCUT2D eigenvalue weighted by Crippen LogP contribution is -2.37. The van der Waals surface area contributed by atoms with Crippen molar-refractivity contribution in [3.05, 3.63) is 28.8 Å². The quantitative estimate of drug-likeness (QED) is 0.791. The van der Waals surface area contributed by atoms with Gasteiger partial charge in [0, 0.05) is 31.1 Å². The first kappa shape index (κ1) is 19.2. The van der Waals surface area contributed by atoms with Crippen molar-refractivity contribution in [2.75, 3.05) is 11.9 Å². The Bertz CT molecular complexity index is 551. The summed E-state index contributed by atoms with van der Waals surface area (Å²) in [5.74, 6) is -0.315. The van der Waals surface area contributed by atoms with Gasteiger partial charge in [-0.3, -0.25) is 9.59 Å². The molecule has 0 bridgehead atoms. The number of nitrogens with one attached hydrogen (secondary N) is 2. The van der Waals surface area contributed by atoms with E-state index >= 15 is 0 Å². The number of amides is 1. The SMILES string of the molecule is CC(=O)OCc1cc(C)c(NC(=O)CCNC(C)(C)C)c(C)c1. The first-order chi connectivity index (χ1) is 10.6. The maximum atomic E-state index is 12.1. The summed E-state index contributed by atoms with van der Waals surface area (Å²) in [5.41, 5.74) is 3.68. The molecule has 0 heterocycles. The van der Waals surface area contributed by atoms with Crippen molar-refractivity contribution < 1.29 is 14.3 Å². The third-order valence-corrected chi connectivity index (χ3v) is 3.31. The van der Waals surface area contributed by atoms with Crippen LogP contribution in [0, 0.1) is 13.8 Å². The Morgan fingerprint density at radius 1 is 1.13 bits per heavy atom. The number of aryl methyl sites for hydroxylation is 2. The zero-order valence-electron chi connectivity index (χ0n) is 15.0. The van der Waals surface area contributed by atoms with Crippen LogP contribution in [0.5, 0.6) is 0 Å². The molecule has 0 spiro atoms. The number of carbonyl (C=O) groups excluding carboxylic acids is 2. The smallest absolute Gasteiger partial charge is 0.302 e. The van der Waals surface area contributed by atoms with Crippen LogP contribution in [0.4, 0.5) is 5.69 Å². The number of rotatable bonds is 6. The van der Waals surface area contributed by atoms with Crippen LogP contribution in [0.1, 0.15) is 50.8 Å². The number of anilines is 1. The molecule has 0 unspecified atom stereocenters. The molecule has 0 radical (unpaired) electrons. The molecule has 128 valence electrons. The Balaban J connectivity index is 2.66. The molecule has 1 amide bonds. The van der Waals surface area contributed by atoms with Crippen molar-refractivity contribution in [2.45, 2.75) is 60.1 Å². The predicted molar refractivity (Wildman–Crippen MR) is 92.4 cm³/mol. The average Bonchev–Trinajstić information content (AvgIpc) is 2.39. The average molecular weight is 320 g/mol. The van der Waals surface area contributed by atoms with Gasteiger partial charge in [-0.1, -0.05) is 12.1 Å². The lowest BCUT2D eigenvalue weighted by atomic mass is 10.0. The molecule has 1 aromatic carbocycles. The lowest BCUT2D eigenvalue weighted by molar-refractivity contribution is -0.142. The van der Waals surface area contributed by atoms with E-state index in [1.54, 1.807) is 0 Å². The van der Waals surface area contributed by atoms with Crippen LogP contribution in [-0.2, 0) is 20.9 Å². The molecule has 0 aromatic heterocycles. The second-order valence-electron chi connectivity index (χ2n) is 6.86. The van der Waals surface area contributed by atoms with Crippen molar-refractivity contribution in [3.8, 4) is 0 Å². The van der Waals surface area contributed by atoms with E-state index in [-0.39, 0.29) is 24.0 Å². The number of hydrogen-bond acceptors (Lipinski definition) is 4. The zero-order valence-corrected chi connectivity index (χ0v) is 15.0. The molecule has 1 rings (SSSR count). The Kier molecular flexibility index (Phi) is 6.76. The fourth-order valence-electron chi connectivity index (χ4n) is 2.27. The molecule has 23 heavy (non-hydrogen) atoms. The minimum Gasteiger partial charge on any atom is -0.461 e. The minimum atomic E-state index is -0.302. The summed E-state index contributed by atoms with van der Waals surface area (Å²) in [7, 11) is 0. The summed E-state index contributed by atoms with van der Waals surface area (Å²) in [6, 6.07) is 3.86. The van der Waals surface area contributed by atoms with Gasteiger partial charge < -0.3 is 15.4 Å². The van der Waals surface area contributed by atoms with Gasteiger partial charge in [0.15, 0.2) is 0 Å². The van der Waals surface area contributed by atoms with Crippen molar-refractivity contribution in [1.82, 2.24) is 5.32 Å². The Hall–Kier alpha value is -1.88. The highest BCUT2D eigenvalue weighted by Crippen LogP contribution is 2.23. The molecule has 0 fully saturated rings. The lowest BCUT2D eigenvalue weighted by Gasteiger charge is -2.20. The number of ether oxygens (including phenoxy) is 1. The zero-order chi connectivity index (χ0) is 17.6. The molecule has 0 aliphatic rings. The summed E-state index contributed by atoms with van der Waals surface area (Å²) in [6.45, 7) is 12.4. The number of hydrogen-bond donors (Lipinski definition) is 2. The van der Waals surface area contributed by atoms with Gasteiger partial charge in [-0.15, -0.1) is 0 Å². The highest BCUT2D eigenvalue weighted by Gasteiger charge is 2.12. The first-order valence-corrected chi connectivity index (χ1v) is 7.87. The van der Waals surface area contributed by atoms with Gasteiger partial charge in [-0.05, 0) is 51.3 Å². The van der Waals surface area contributed by atoms with Gasteiger partial charge in [0.05, 0.1) is 0 Å². The van der Waals surface area contributed by atoms with Crippen LogP contribution in [0.2, 0.25) is 0 Å². The molecule has 2 N–H and O–H groups in total. The maximum Gasteiger partial charge on any atom is 0.302 e. The van der Waals surface area contributed by atoms with E-state index in [0.29, 0.717) is 13.0 Å². The molecule has 0 saturated heterocycles. The summed E-state index contributed by atoms with van der Waals surface area (Å²) in [4.78, 5) is 23.0. The van der Waals surface area contributed by atoms with E-state index in [2.05, 4.69) is 31.4 Å². The van der Waals surface area contributed by atoms with Crippen LogP contribution in [0.25, 0.3) is 0 Å². The van der Waals surface area contributed by atoms with Crippen molar-refractivity contribution in [1.29, 1.82) is 0 Å². The van der Waals surface area contributed by atoms with Gasteiger partial charge in [0.2, 0.25) is 5.91 Å². The van der Waals surface area contributed by atoms with Crippen molar-refractivity contribution in [3.63, 3.8) is 0 Å². The summed E-state index contributed by atoms with van der Waals surface area (Å²) in [6.07, 6.45) is 0.422. The second-order valence-corrected chi connectivity index (χ2v) is 6.86. The first-order valence-electron chi connectivity index (χ1n) is 7.87. The van der Waals surface area contributed by atoms with E-state index in [4.69, 9.17) is 4.74 Å². The van der Waals surface area contributed by atoms with E-state index in [1.807, 2.05) is 26.0 Å². The normalized spacial score (nSPS) is 11.2. The molecular formula is C18H28N2O3. The summed E-state index contributed by atoms with van der Waals surface area (Å²) in [5, 5.41) is 6.27. The van der Waals surface area contributed by atoms with Crippen LogP contribution >= 0.6 is 0 Å². The maximum absolute atomic E-state index is 12.1. The number of carbonyl (C=O) groups is 2. The monoisotopic (exact) mass is 320 g/mol. The van der Waals surface area contributed by atoms with Gasteiger partial charge in [0.25, 0.3) is 0 Å². The van der Waals surface area contributed by atoms with Gasteiger partial charge in [-0.2, -0.15) is 0 Å². The minimum absolute atomic E-state index is 0.00444. The molecule has 1 aromatic rings. The topological polar surface area (TPSA) is 67.4 Å². The van der Waals surface area contributed by atoms with Crippen LogP contribution in [-0.4, -0.2) is 24.0 Å². The van der Waals surface area contributed by atoms with Crippen molar-refractivity contribution >= 4 is 17.6 Å². The number of esters is 1. The number of benzene rings is 1. The summed E-state index contributed by atoms with van der Waals surface area (Å²) < 4.78 is 5.01. The van der Waals surface area contributed by atoms with Crippen LogP contribution in [0.3, 0.4) is 0 Å². The highest BCUT2D eigenvalue weighted by molar-refractivity contribution is 5.92. The fourth-order valence-corrected chi connectivity index (χ4v) is 2.27. The fraction of sp³-hybridized carbons (Fsp3) is 0.556. The van der Waals surface area contributed by atoms with Crippen LogP contribution < -0.4 is 10.6 Å². The Morgan fingerprint density at radius 3 is 2.17 bits per heavy atom. The highest BCUT2D eigenvalue weighted by atomic mass is 16.5.